The van der Waals surface area contributed by atoms with Crippen LogP contribution in [0.3, 0.4) is 0 Å². The van der Waals surface area contributed by atoms with Gasteiger partial charge in [0, 0.05) is 16.7 Å². The van der Waals surface area contributed by atoms with E-state index < -0.39 is 0 Å². The predicted molar refractivity (Wildman–Crippen MR) is 70.1 cm³/mol. The molecule has 3 heteroatoms. The van der Waals surface area contributed by atoms with Gasteiger partial charge in [-0.15, -0.1) is 11.8 Å². The lowest BCUT2D eigenvalue weighted by Gasteiger charge is -2.22. The Morgan fingerprint density at radius 3 is 3.12 bits per heavy atom. The van der Waals surface area contributed by atoms with Crippen LogP contribution in [-0.4, -0.2) is 30.3 Å². The van der Waals surface area contributed by atoms with E-state index in [0.717, 1.165) is 5.75 Å². The van der Waals surface area contributed by atoms with E-state index in [1.807, 2.05) is 17.8 Å². The number of fused-ring (bicyclic) bond motifs is 1. The summed E-state index contributed by atoms with van der Waals surface area (Å²) in [6, 6.07) is 5.97. The van der Waals surface area contributed by atoms with E-state index in [2.05, 4.69) is 11.9 Å². The average Bonchev–Trinajstić information content (AvgIpc) is 2.88. The second kappa shape index (κ2) is 4.62. The number of benzene rings is 1. The quantitative estimate of drug-likeness (QED) is 0.791. The monoisotopic (exact) mass is 251 g/mol. The van der Waals surface area contributed by atoms with Crippen molar-refractivity contribution in [3.63, 3.8) is 0 Å². The molecule has 2 atom stereocenters. The first-order valence-electron chi connectivity index (χ1n) is 6.36. The number of hydrogen-bond acceptors (Lipinski definition) is 2. The van der Waals surface area contributed by atoms with Gasteiger partial charge in [0.15, 0.2) is 0 Å². The lowest BCUT2D eigenvalue weighted by Crippen LogP contribution is -2.26. The maximum atomic E-state index is 13.3. The average molecular weight is 251 g/mol. The molecule has 1 saturated heterocycles. The van der Waals surface area contributed by atoms with Crippen LogP contribution in [0.2, 0.25) is 0 Å². The van der Waals surface area contributed by atoms with E-state index >= 15 is 0 Å². The molecule has 1 unspecified atom stereocenters. The minimum atomic E-state index is -0.0870. The number of likely N-dealkylation sites (tertiary alicyclic amines) is 1. The van der Waals surface area contributed by atoms with Gasteiger partial charge in [0.2, 0.25) is 0 Å². The van der Waals surface area contributed by atoms with Crippen molar-refractivity contribution in [2.45, 2.75) is 36.1 Å². The first kappa shape index (κ1) is 11.5. The fraction of sp³-hybridized carbons (Fsp3) is 0.571. The summed E-state index contributed by atoms with van der Waals surface area (Å²) in [6.07, 6.45) is 3.82. The molecule has 1 aromatic rings. The van der Waals surface area contributed by atoms with Crippen LogP contribution in [0.1, 0.15) is 30.7 Å². The van der Waals surface area contributed by atoms with Crippen molar-refractivity contribution in [1.29, 1.82) is 0 Å². The van der Waals surface area contributed by atoms with Gasteiger partial charge in [-0.2, -0.15) is 0 Å². The predicted octanol–water partition coefficient (Wildman–Crippen LogP) is 3.50. The number of nitrogens with zero attached hydrogens (tertiary/aromatic N) is 1. The van der Waals surface area contributed by atoms with Crippen molar-refractivity contribution in [3.8, 4) is 0 Å². The van der Waals surface area contributed by atoms with Crippen LogP contribution >= 0.6 is 11.8 Å². The van der Waals surface area contributed by atoms with Gasteiger partial charge in [-0.05, 0) is 62.5 Å². The van der Waals surface area contributed by atoms with E-state index in [-0.39, 0.29) is 5.82 Å². The minimum absolute atomic E-state index is 0.0870. The first-order chi connectivity index (χ1) is 8.24. The molecule has 1 nitrogen and oxygen atoms in total. The van der Waals surface area contributed by atoms with Crippen LogP contribution < -0.4 is 0 Å². The summed E-state index contributed by atoms with van der Waals surface area (Å²) in [4.78, 5) is 3.75. The summed E-state index contributed by atoms with van der Waals surface area (Å²) in [5.74, 6) is 1.59. The zero-order chi connectivity index (χ0) is 11.8. The zero-order valence-corrected chi connectivity index (χ0v) is 11.0. The molecule has 0 aromatic heterocycles. The summed E-state index contributed by atoms with van der Waals surface area (Å²) >= 11 is 1.88. The van der Waals surface area contributed by atoms with Gasteiger partial charge in [-0.1, -0.05) is 0 Å². The fourth-order valence-corrected chi connectivity index (χ4v) is 4.30. The molecule has 2 heterocycles. The zero-order valence-electron chi connectivity index (χ0n) is 10.2. The highest BCUT2D eigenvalue weighted by atomic mass is 32.2. The first-order valence-corrected chi connectivity index (χ1v) is 7.35. The summed E-state index contributed by atoms with van der Waals surface area (Å²) in [6.45, 7) is 1.22. The number of halogens is 1. The summed E-state index contributed by atoms with van der Waals surface area (Å²) in [7, 11) is 2.21. The Labute approximate surface area is 106 Å². The second-order valence-electron chi connectivity index (χ2n) is 5.20. The van der Waals surface area contributed by atoms with Crippen molar-refractivity contribution < 1.29 is 4.39 Å². The Morgan fingerprint density at radius 2 is 2.35 bits per heavy atom. The molecule has 0 amide bonds. The van der Waals surface area contributed by atoms with Gasteiger partial charge < -0.3 is 4.90 Å². The molecule has 0 saturated carbocycles. The molecule has 0 N–H and O–H groups in total. The Bertz CT molecular complexity index is 421. The number of thioether (sulfide) groups is 1. The van der Waals surface area contributed by atoms with Crippen LogP contribution in [0.4, 0.5) is 4.39 Å². The molecule has 2 aliphatic heterocycles. The van der Waals surface area contributed by atoms with Crippen molar-refractivity contribution >= 4 is 11.8 Å². The summed E-state index contributed by atoms with van der Waals surface area (Å²) < 4.78 is 13.3. The number of rotatable bonds is 2. The van der Waals surface area contributed by atoms with Crippen molar-refractivity contribution in [3.05, 3.63) is 29.6 Å². The van der Waals surface area contributed by atoms with Crippen LogP contribution in [-0.2, 0) is 0 Å². The lowest BCUT2D eigenvalue weighted by atomic mass is 9.93. The Kier molecular flexibility index (Phi) is 3.14. The molecule has 1 aromatic carbocycles. The van der Waals surface area contributed by atoms with E-state index in [9.17, 15) is 4.39 Å². The normalized spacial score (nSPS) is 28.6. The number of hydrogen-bond donors (Lipinski definition) is 0. The molecule has 1 fully saturated rings. The minimum Gasteiger partial charge on any atom is -0.303 e. The van der Waals surface area contributed by atoms with Gasteiger partial charge in [-0.3, -0.25) is 0 Å². The highest BCUT2D eigenvalue weighted by Crippen LogP contribution is 2.43. The van der Waals surface area contributed by atoms with Crippen LogP contribution in [0, 0.1) is 5.82 Å². The third-order valence-electron chi connectivity index (χ3n) is 4.08. The maximum Gasteiger partial charge on any atom is 0.123 e. The fourth-order valence-electron chi connectivity index (χ4n) is 3.05. The third kappa shape index (κ3) is 2.23. The Balaban J connectivity index is 1.76. The lowest BCUT2D eigenvalue weighted by molar-refractivity contribution is 0.286. The SMILES string of the molecule is CN1CCC[C@H]1CC1CSc2ccc(F)cc21. The molecular formula is C14H18FNS. The molecule has 0 bridgehead atoms. The molecule has 92 valence electrons. The standard InChI is InChI=1S/C14H18FNS/c1-16-6-2-3-12(16)7-10-9-17-14-5-4-11(15)8-13(10)14/h4-5,8,10,12H,2-3,6-7,9H2,1H3/t10?,12-/m0/s1. The van der Waals surface area contributed by atoms with Gasteiger partial charge in [0.05, 0.1) is 0 Å². The molecule has 17 heavy (non-hydrogen) atoms. The molecule has 2 aliphatic rings. The topological polar surface area (TPSA) is 3.24 Å². The molecule has 0 aliphatic carbocycles. The van der Waals surface area contributed by atoms with Crippen molar-refractivity contribution in [2.24, 2.45) is 0 Å². The van der Waals surface area contributed by atoms with Gasteiger partial charge in [0.25, 0.3) is 0 Å². The third-order valence-corrected chi connectivity index (χ3v) is 5.33. The van der Waals surface area contributed by atoms with Crippen LogP contribution in [0.5, 0.6) is 0 Å². The van der Waals surface area contributed by atoms with Gasteiger partial charge >= 0.3 is 0 Å². The van der Waals surface area contributed by atoms with Crippen LogP contribution in [0.25, 0.3) is 0 Å². The van der Waals surface area contributed by atoms with E-state index in [0.29, 0.717) is 12.0 Å². The van der Waals surface area contributed by atoms with Crippen LogP contribution in [0.15, 0.2) is 23.1 Å². The van der Waals surface area contributed by atoms with E-state index in [4.69, 9.17) is 0 Å². The molecular weight excluding hydrogens is 233 g/mol. The smallest absolute Gasteiger partial charge is 0.123 e. The Hall–Kier alpha value is -0.540. The van der Waals surface area contributed by atoms with E-state index in [1.54, 1.807) is 12.1 Å². The summed E-state index contributed by atoms with van der Waals surface area (Å²) in [5.41, 5.74) is 1.25. The molecule has 0 spiro atoms. The highest BCUT2D eigenvalue weighted by Gasteiger charge is 2.29. The van der Waals surface area contributed by atoms with Gasteiger partial charge in [0.1, 0.15) is 5.82 Å². The largest absolute Gasteiger partial charge is 0.303 e. The maximum absolute atomic E-state index is 13.3. The Morgan fingerprint density at radius 1 is 1.47 bits per heavy atom. The summed E-state index contributed by atoms with van der Waals surface area (Å²) in [5, 5.41) is 0. The van der Waals surface area contributed by atoms with E-state index in [1.165, 1.54) is 36.3 Å². The molecule has 3 rings (SSSR count). The van der Waals surface area contributed by atoms with Crippen molar-refractivity contribution in [1.82, 2.24) is 4.90 Å². The second-order valence-corrected chi connectivity index (χ2v) is 6.26. The van der Waals surface area contributed by atoms with Gasteiger partial charge in [-0.25, -0.2) is 4.39 Å². The van der Waals surface area contributed by atoms with Crippen molar-refractivity contribution in [2.75, 3.05) is 19.3 Å². The highest BCUT2D eigenvalue weighted by molar-refractivity contribution is 7.99. The molecule has 0 radical (unpaired) electrons.